The van der Waals surface area contributed by atoms with E-state index < -0.39 is 0 Å². The van der Waals surface area contributed by atoms with Crippen LogP contribution in [-0.4, -0.2) is 66.1 Å². The van der Waals surface area contributed by atoms with Gasteiger partial charge in [0.25, 0.3) is 0 Å². The molecule has 0 N–H and O–H groups in total. The molecule has 2 fully saturated rings. The molecule has 19 heavy (non-hydrogen) atoms. The van der Waals surface area contributed by atoms with Crippen LogP contribution in [0.5, 0.6) is 0 Å². The second-order valence-corrected chi connectivity index (χ2v) is 7.00. The normalized spacial score (nSPS) is 30.3. The van der Waals surface area contributed by atoms with Crippen molar-refractivity contribution in [1.29, 1.82) is 0 Å². The number of hydrogen-bond donors (Lipinski definition) is 0. The van der Waals surface area contributed by atoms with Crippen LogP contribution in [-0.2, 0) is 4.74 Å². The number of rotatable bonds is 6. The summed E-state index contributed by atoms with van der Waals surface area (Å²) in [6.45, 7) is 10.1. The maximum Gasteiger partial charge on any atom is 0.0829 e. The number of halogens is 1. The van der Waals surface area contributed by atoms with Crippen LogP contribution in [0.4, 0.5) is 0 Å². The molecule has 112 valence electrons. The fourth-order valence-corrected chi connectivity index (χ4v) is 3.68. The highest BCUT2D eigenvalue weighted by atomic mass is 79.9. The Kier molecular flexibility index (Phi) is 6.60. The van der Waals surface area contributed by atoms with Gasteiger partial charge in [-0.15, -0.1) is 0 Å². The van der Waals surface area contributed by atoms with E-state index in [1.165, 1.54) is 32.2 Å². The van der Waals surface area contributed by atoms with Crippen molar-refractivity contribution in [3.05, 3.63) is 0 Å². The quantitative estimate of drug-likeness (QED) is 0.695. The third kappa shape index (κ3) is 4.69. The van der Waals surface area contributed by atoms with Gasteiger partial charge in [-0.1, -0.05) is 15.9 Å². The van der Waals surface area contributed by atoms with E-state index in [0.29, 0.717) is 12.1 Å². The minimum absolute atomic E-state index is 0.417. The first-order valence-electron chi connectivity index (χ1n) is 7.86. The highest BCUT2D eigenvalue weighted by molar-refractivity contribution is 9.09. The molecule has 2 aliphatic rings. The average Bonchev–Trinajstić information content (AvgIpc) is 2.84. The number of ether oxygens (including phenoxy) is 1. The molecule has 3 nitrogen and oxygen atoms in total. The van der Waals surface area contributed by atoms with E-state index in [4.69, 9.17) is 4.74 Å². The van der Waals surface area contributed by atoms with Crippen molar-refractivity contribution in [3.8, 4) is 0 Å². The van der Waals surface area contributed by atoms with E-state index >= 15 is 0 Å². The smallest absolute Gasteiger partial charge is 0.0829 e. The maximum atomic E-state index is 5.98. The molecule has 0 amide bonds. The van der Waals surface area contributed by atoms with Gasteiger partial charge < -0.3 is 4.74 Å². The van der Waals surface area contributed by atoms with E-state index in [2.05, 4.69) is 39.6 Å². The SMILES string of the molecule is CC(C)N1CCOC(CN2CCCC2CCCBr)C1. The van der Waals surface area contributed by atoms with Crippen LogP contribution in [0.25, 0.3) is 0 Å². The van der Waals surface area contributed by atoms with Crippen molar-refractivity contribution < 1.29 is 4.74 Å². The lowest BCUT2D eigenvalue weighted by Gasteiger charge is -2.38. The summed E-state index contributed by atoms with van der Waals surface area (Å²) < 4.78 is 5.98. The highest BCUT2D eigenvalue weighted by Gasteiger charge is 2.29. The second kappa shape index (κ2) is 7.96. The lowest BCUT2D eigenvalue weighted by molar-refractivity contribution is -0.0537. The van der Waals surface area contributed by atoms with Gasteiger partial charge in [0.2, 0.25) is 0 Å². The van der Waals surface area contributed by atoms with E-state index in [0.717, 1.165) is 37.6 Å². The molecule has 4 heteroatoms. The molecule has 0 radical (unpaired) electrons. The van der Waals surface area contributed by atoms with Gasteiger partial charge in [-0.2, -0.15) is 0 Å². The van der Waals surface area contributed by atoms with Crippen molar-refractivity contribution in [1.82, 2.24) is 9.80 Å². The van der Waals surface area contributed by atoms with Gasteiger partial charge in [-0.3, -0.25) is 9.80 Å². The van der Waals surface area contributed by atoms with E-state index in [-0.39, 0.29) is 0 Å². The Morgan fingerprint density at radius 2 is 2.16 bits per heavy atom. The zero-order chi connectivity index (χ0) is 13.7. The van der Waals surface area contributed by atoms with Crippen LogP contribution in [0.1, 0.15) is 39.5 Å². The fourth-order valence-electron chi connectivity index (χ4n) is 3.36. The fraction of sp³-hybridized carbons (Fsp3) is 1.00. The van der Waals surface area contributed by atoms with Crippen LogP contribution in [0.2, 0.25) is 0 Å². The van der Waals surface area contributed by atoms with Gasteiger partial charge in [0.05, 0.1) is 12.7 Å². The van der Waals surface area contributed by atoms with Crippen molar-refractivity contribution >= 4 is 15.9 Å². The first-order chi connectivity index (χ1) is 9.20. The summed E-state index contributed by atoms with van der Waals surface area (Å²) in [5, 5.41) is 1.14. The minimum Gasteiger partial charge on any atom is -0.374 e. The number of morpholine rings is 1. The zero-order valence-corrected chi connectivity index (χ0v) is 14.1. The summed E-state index contributed by atoms with van der Waals surface area (Å²) in [7, 11) is 0. The number of alkyl halides is 1. The molecule has 0 saturated carbocycles. The Labute approximate surface area is 126 Å². The van der Waals surface area contributed by atoms with Gasteiger partial charge in [-0.25, -0.2) is 0 Å². The largest absolute Gasteiger partial charge is 0.374 e. The maximum absolute atomic E-state index is 5.98. The van der Waals surface area contributed by atoms with Gasteiger partial charge in [0.1, 0.15) is 0 Å². The molecule has 2 atom stereocenters. The predicted molar refractivity (Wildman–Crippen MR) is 84.1 cm³/mol. The molecule has 0 aliphatic carbocycles. The summed E-state index contributed by atoms with van der Waals surface area (Å²) in [4.78, 5) is 5.23. The monoisotopic (exact) mass is 332 g/mol. The van der Waals surface area contributed by atoms with E-state index in [9.17, 15) is 0 Å². The number of nitrogens with zero attached hydrogens (tertiary/aromatic N) is 2. The van der Waals surface area contributed by atoms with E-state index in [1.807, 2.05) is 0 Å². The Balaban J connectivity index is 1.79. The number of hydrogen-bond acceptors (Lipinski definition) is 3. The topological polar surface area (TPSA) is 15.7 Å². The highest BCUT2D eigenvalue weighted by Crippen LogP contribution is 2.23. The van der Waals surface area contributed by atoms with E-state index in [1.54, 1.807) is 0 Å². The molecule has 2 heterocycles. The van der Waals surface area contributed by atoms with Crippen molar-refractivity contribution in [3.63, 3.8) is 0 Å². The van der Waals surface area contributed by atoms with Crippen LogP contribution < -0.4 is 0 Å². The Hall–Kier alpha value is 0.360. The van der Waals surface area contributed by atoms with Crippen LogP contribution in [0, 0.1) is 0 Å². The summed E-state index contributed by atoms with van der Waals surface area (Å²) in [6.07, 6.45) is 5.80. The molecule has 0 aromatic heterocycles. The first-order valence-corrected chi connectivity index (χ1v) is 8.98. The molecule has 0 aromatic rings. The zero-order valence-electron chi connectivity index (χ0n) is 12.5. The predicted octanol–water partition coefficient (Wildman–Crippen LogP) is 2.74. The molecule has 2 aliphatic heterocycles. The number of likely N-dealkylation sites (tertiary alicyclic amines) is 1. The van der Waals surface area contributed by atoms with Gasteiger partial charge in [0, 0.05) is 37.0 Å². The second-order valence-electron chi connectivity index (χ2n) is 6.20. The lowest BCUT2D eigenvalue weighted by atomic mass is 10.1. The molecule has 0 aromatic carbocycles. The molecule has 2 saturated heterocycles. The van der Waals surface area contributed by atoms with Crippen molar-refractivity contribution in [2.45, 2.75) is 57.7 Å². The summed E-state index contributed by atoms with van der Waals surface area (Å²) in [5.41, 5.74) is 0. The molecule has 0 spiro atoms. The average molecular weight is 333 g/mol. The first kappa shape index (κ1) is 15.7. The molecular weight excluding hydrogens is 304 g/mol. The third-order valence-electron chi connectivity index (χ3n) is 4.51. The Morgan fingerprint density at radius 1 is 1.32 bits per heavy atom. The van der Waals surface area contributed by atoms with Crippen molar-refractivity contribution in [2.75, 3.05) is 38.1 Å². The Bertz CT molecular complexity index is 263. The van der Waals surface area contributed by atoms with Gasteiger partial charge in [0.15, 0.2) is 0 Å². The molecule has 2 unspecified atom stereocenters. The third-order valence-corrected chi connectivity index (χ3v) is 5.07. The minimum atomic E-state index is 0.417. The Morgan fingerprint density at radius 3 is 2.89 bits per heavy atom. The van der Waals surface area contributed by atoms with Gasteiger partial charge >= 0.3 is 0 Å². The summed E-state index contributed by atoms with van der Waals surface area (Å²) in [5.74, 6) is 0. The molecule has 0 bridgehead atoms. The standard InChI is InChI=1S/C15H29BrN2O/c1-13(2)17-9-10-19-15(11-17)12-18-8-4-6-14(18)5-3-7-16/h13-15H,3-12H2,1-2H3. The lowest BCUT2D eigenvalue weighted by Crippen LogP contribution is -2.50. The van der Waals surface area contributed by atoms with Gasteiger partial charge in [-0.05, 0) is 46.1 Å². The van der Waals surface area contributed by atoms with Crippen LogP contribution in [0.15, 0.2) is 0 Å². The van der Waals surface area contributed by atoms with Crippen molar-refractivity contribution in [2.24, 2.45) is 0 Å². The summed E-state index contributed by atoms with van der Waals surface area (Å²) >= 11 is 3.55. The summed E-state index contributed by atoms with van der Waals surface area (Å²) in [6, 6.07) is 1.45. The molecule has 2 rings (SSSR count). The van der Waals surface area contributed by atoms with Crippen LogP contribution in [0.3, 0.4) is 0 Å². The van der Waals surface area contributed by atoms with Crippen LogP contribution >= 0.6 is 15.9 Å². The molecular formula is C15H29BrN2O.